The lowest BCUT2D eigenvalue weighted by Crippen LogP contribution is -2.25. The van der Waals surface area contributed by atoms with E-state index in [9.17, 15) is 13.2 Å². The van der Waals surface area contributed by atoms with Gasteiger partial charge in [0.1, 0.15) is 5.01 Å². The van der Waals surface area contributed by atoms with Gasteiger partial charge < -0.3 is 5.32 Å². The van der Waals surface area contributed by atoms with Crippen molar-refractivity contribution in [3.05, 3.63) is 53.5 Å². The van der Waals surface area contributed by atoms with E-state index in [4.69, 9.17) is 0 Å². The van der Waals surface area contributed by atoms with E-state index in [0.717, 1.165) is 15.2 Å². The SMILES string of the molecule is O=C(CSCc1nc2ccccc2s1)Nc1ccc(N2CCCS2(=O)=O)cc1. The van der Waals surface area contributed by atoms with Crippen LogP contribution < -0.4 is 9.62 Å². The number of sulfonamides is 1. The molecule has 28 heavy (non-hydrogen) atoms. The zero-order chi connectivity index (χ0) is 19.6. The van der Waals surface area contributed by atoms with Crippen LogP contribution in [0, 0.1) is 0 Å². The lowest BCUT2D eigenvalue weighted by atomic mass is 10.2. The number of anilines is 2. The van der Waals surface area contributed by atoms with E-state index in [1.54, 1.807) is 35.6 Å². The molecule has 1 aliphatic rings. The molecule has 1 N–H and O–H groups in total. The molecule has 4 rings (SSSR count). The van der Waals surface area contributed by atoms with Crippen molar-refractivity contribution < 1.29 is 13.2 Å². The van der Waals surface area contributed by atoms with Crippen LogP contribution in [0.5, 0.6) is 0 Å². The summed E-state index contributed by atoms with van der Waals surface area (Å²) in [5.41, 5.74) is 2.29. The van der Waals surface area contributed by atoms with E-state index in [1.165, 1.54) is 16.1 Å². The van der Waals surface area contributed by atoms with Gasteiger partial charge in [0, 0.05) is 18.0 Å². The summed E-state index contributed by atoms with van der Waals surface area (Å²) in [6.45, 7) is 0.510. The fourth-order valence-corrected chi connectivity index (χ4v) is 6.46. The number of aromatic nitrogens is 1. The van der Waals surface area contributed by atoms with E-state index in [0.29, 0.717) is 35.8 Å². The number of hydrogen-bond acceptors (Lipinski definition) is 6. The number of nitrogens with zero attached hydrogens (tertiary/aromatic N) is 2. The molecule has 1 aliphatic heterocycles. The highest BCUT2D eigenvalue weighted by Gasteiger charge is 2.28. The molecule has 146 valence electrons. The van der Waals surface area contributed by atoms with Crippen molar-refractivity contribution in [2.24, 2.45) is 0 Å². The number of fused-ring (bicyclic) bond motifs is 1. The Bertz CT molecular complexity index is 1060. The minimum atomic E-state index is -3.19. The highest BCUT2D eigenvalue weighted by atomic mass is 32.2. The van der Waals surface area contributed by atoms with Gasteiger partial charge in [-0.2, -0.15) is 0 Å². The van der Waals surface area contributed by atoms with Crippen LogP contribution in [-0.2, 0) is 20.6 Å². The first-order chi connectivity index (χ1) is 13.5. The molecular weight excluding hydrogens is 414 g/mol. The van der Waals surface area contributed by atoms with Crippen LogP contribution in [0.25, 0.3) is 10.2 Å². The fourth-order valence-electron chi connectivity index (χ4n) is 3.05. The van der Waals surface area contributed by atoms with Crippen molar-refractivity contribution in [3.8, 4) is 0 Å². The Labute approximate surface area is 172 Å². The van der Waals surface area contributed by atoms with Gasteiger partial charge >= 0.3 is 0 Å². The second-order valence-electron chi connectivity index (χ2n) is 6.40. The van der Waals surface area contributed by atoms with Crippen molar-refractivity contribution in [1.29, 1.82) is 0 Å². The molecule has 0 saturated carbocycles. The van der Waals surface area contributed by atoms with Gasteiger partial charge in [0.05, 0.1) is 27.4 Å². The van der Waals surface area contributed by atoms with Gasteiger partial charge in [0.25, 0.3) is 0 Å². The van der Waals surface area contributed by atoms with Crippen LogP contribution >= 0.6 is 23.1 Å². The van der Waals surface area contributed by atoms with E-state index in [2.05, 4.69) is 10.3 Å². The van der Waals surface area contributed by atoms with Gasteiger partial charge in [0.15, 0.2) is 0 Å². The maximum atomic E-state index is 12.2. The number of hydrogen-bond donors (Lipinski definition) is 1. The summed E-state index contributed by atoms with van der Waals surface area (Å²) in [5.74, 6) is 1.13. The minimum Gasteiger partial charge on any atom is -0.325 e. The van der Waals surface area contributed by atoms with E-state index >= 15 is 0 Å². The van der Waals surface area contributed by atoms with Gasteiger partial charge in [-0.1, -0.05) is 12.1 Å². The molecule has 1 saturated heterocycles. The lowest BCUT2D eigenvalue weighted by Gasteiger charge is -2.17. The molecule has 1 fully saturated rings. The number of para-hydroxylation sites is 1. The predicted octanol–water partition coefficient (Wildman–Crippen LogP) is 3.71. The summed E-state index contributed by atoms with van der Waals surface area (Å²) in [6.07, 6.45) is 0.646. The predicted molar refractivity (Wildman–Crippen MR) is 117 cm³/mol. The topological polar surface area (TPSA) is 79.4 Å². The average Bonchev–Trinajstić information content (AvgIpc) is 3.24. The molecule has 2 heterocycles. The first-order valence-corrected chi connectivity index (χ1v) is 12.4. The second kappa shape index (κ2) is 8.10. The van der Waals surface area contributed by atoms with Crippen LogP contribution in [0.15, 0.2) is 48.5 Å². The highest BCUT2D eigenvalue weighted by molar-refractivity contribution is 7.99. The Kier molecular flexibility index (Phi) is 5.56. The first kappa shape index (κ1) is 19.2. The molecule has 0 spiro atoms. The van der Waals surface area contributed by atoms with Crippen molar-refractivity contribution >= 4 is 60.6 Å². The minimum absolute atomic E-state index is 0.0901. The Morgan fingerprint density at radius 2 is 1.96 bits per heavy atom. The molecule has 0 unspecified atom stereocenters. The number of nitrogens with one attached hydrogen (secondary N) is 1. The Morgan fingerprint density at radius 1 is 1.18 bits per heavy atom. The smallest absolute Gasteiger partial charge is 0.235 e. The zero-order valence-electron chi connectivity index (χ0n) is 15.0. The zero-order valence-corrected chi connectivity index (χ0v) is 17.4. The van der Waals surface area contributed by atoms with E-state index < -0.39 is 10.0 Å². The number of thiazole rings is 1. The van der Waals surface area contributed by atoms with E-state index in [-0.39, 0.29) is 11.7 Å². The summed E-state index contributed by atoms with van der Waals surface area (Å²) in [7, 11) is -3.19. The standard InChI is InChI=1S/C19H19N3O3S3/c23-18(12-26-13-19-21-16-4-1-2-5-17(16)27-19)20-14-6-8-15(9-7-14)22-10-3-11-28(22,24)25/h1-2,4-9H,3,10-13H2,(H,20,23). The maximum absolute atomic E-state index is 12.2. The summed E-state index contributed by atoms with van der Waals surface area (Å²) >= 11 is 3.17. The Hall–Kier alpha value is -2.10. The largest absolute Gasteiger partial charge is 0.325 e. The summed E-state index contributed by atoms with van der Waals surface area (Å²) in [4.78, 5) is 16.7. The van der Waals surface area contributed by atoms with Gasteiger partial charge in [-0.05, 0) is 42.8 Å². The molecule has 1 amide bonds. The number of carbonyl (C=O) groups is 1. The van der Waals surface area contributed by atoms with Gasteiger partial charge in [0.2, 0.25) is 15.9 Å². The number of carbonyl (C=O) groups excluding carboxylic acids is 1. The molecule has 0 bridgehead atoms. The number of thioether (sulfide) groups is 1. The van der Waals surface area contributed by atoms with Crippen LogP contribution in [0.4, 0.5) is 11.4 Å². The Balaban J connectivity index is 1.29. The first-order valence-electron chi connectivity index (χ1n) is 8.84. The maximum Gasteiger partial charge on any atom is 0.235 e. The van der Waals surface area contributed by atoms with Crippen LogP contribution in [0.1, 0.15) is 11.4 Å². The summed E-state index contributed by atoms with van der Waals surface area (Å²) in [5, 5.41) is 3.86. The third-order valence-corrected chi connectivity index (χ3v) is 8.37. The van der Waals surface area contributed by atoms with Crippen molar-refractivity contribution in [2.75, 3.05) is 27.7 Å². The van der Waals surface area contributed by atoms with Gasteiger partial charge in [-0.3, -0.25) is 9.10 Å². The third-order valence-electron chi connectivity index (χ3n) is 4.34. The molecule has 0 radical (unpaired) electrons. The van der Waals surface area contributed by atoms with Crippen LogP contribution in [0.2, 0.25) is 0 Å². The van der Waals surface area contributed by atoms with Crippen molar-refractivity contribution in [1.82, 2.24) is 4.98 Å². The quantitative estimate of drug-likeness (QED) is 0.641. The third kappa shape index (κ3) is 4.31. The molecule has 1 aromatic heterocycles. The molecule has 0 aliphatic carbocycles. The normalized spacial score (nSPS) is 15.8. The monoisotopic (exact) mass is 433 g/mol. The molecule has 0 atom stereocenters. The Morgan fingerprint density at radius 3 is 2.68 bits per heavy atom. The van der Waals surface area contributed by atoms with Gasteiger partial charge in [-0.15, -0.1) is 23.1 Å². The average molecular weight is 434 g/mol. The lowest BCUT2D eigenvalue weighted by molar-refractivity contribution is -0.113. The fraction of sp³-hybridized carbons (Fsp3) is 0.263. The number of benzene rings is 2. The number of rotatable bonds is 6. The van der Waals surface area contributed by atoms with Crippen LogP contribution in [0.3, 0.4) is 0 Å². The van der Waals surface area contributed by atoms with Crippen LogP contribution in [-0.4, -0.2) is 37.4 Å². The molecule has 3 aromatic rings. The highest BCUT2D eigenvalue weighted by Crippen LogP contribution is 2.26. The van der Waals surface area contributed by atoms with E-state index in [1.807, 2.05) is 24.3 Å². The van der Waals surface area contributed by atoms with Gasteiger partial charge in [-0.25, -0.2) is 13.4 Å². The van der Waals surface area contributed by atoms with Crippen molar-refractivity contribution in [3.63, 3.8) is 0 Å². The summed E-state index contributed by atoms with van der Waals surface area (Å²) in [6, 6.07) is 14.9. The number of amides is 1. The molecule has 2 aromatic carbocycles. The van der Waals surface area contributed by atoms with Crippen molar-refractivity contribution in [2.45, 2.75) is 12.2 Å². The molecular formula is C19H19N3O3S3. The summed E-state index contributed by atoms with van der Waals surface area (Å²) < 4.78 is 26.5. The molecule has 9 heteroatoms. The second-order valence-corrected chi connectivity index (χ2v) is 10.5. The molecule has 6 nitrogen and oxygen atoms in total.